The lowest BCUT2D eigenvalue weighted by molar-refractivity contribution is -0.135. The molecule has 0 aromatic rings. The largest absolute Gasteiger partial charge is 0.465 e. The number of esters is 1. The topological polar surface area (TPSA) is 38.8 Å². The zero-order chi connectivity index (χ0) is 14.7. The Kier molecular flexibility index (Phi) is 5.11. The zero-order valence-corrected chi connectivity index (χ0v) is 13.1. The quantitative estimate of drug-likeness (QED) is 0.748. The molecule has 0 aromatic heterocycles. The number of methoxy groups -OCH3 is 1. The van der Waals surface area contributed by atoms with Gasteiger partial charge in [-0.2, -0.15) is 0 Å². The van der Waals surface area contributed by atoms with E-state index >= 15 is 0 Å². The Bertz CT molecular complexity index is 450. The highest BCUT2D eigenvalue weighted by molar-refractivity contribution is 6.33. The van der Waals surface area contributed by atoms with Crippen LogP contribution in [-0.2, 0) is 14.3 Å². The number of allylic oxidation sites excluding steroid dienone is 1. The molecule has 1 aliphatic carbocycles. The van der Waals surface area contributed by atoms with Crippen molar-refractivity contribution in [2.75, 3.05) is 26.9 Å². The maximum atomic E-state index is 11.8. The van der Waals surface area contributed by atoms with Gasteiger partial charge < -0.3 is 14.4 Å². The number of nitrogens with zero attached hydrogens (tertiary/aromatic N) is 1. The highest BCUT2D eigenvalue weighted by Gasteiger charge is 2.31. The molecule has 20 heavy (non-hydrogen) atoms. The van der Waals surface area contributed by atoms with Crippen molar-refractivity contribution in [1.29, 1.82) is 0 Å². The molecule has 1 fully saturated rings. The van der Waals surface area contributed by atoms with Crippen LogP contribution >= 0.6 is 11.6 Å². The van der Waals surface area contributed by atoms with Gasteiger partial charge in [0, 0.05) is 43.0 Å². The van der Waals surface area contributed by atoms with Gasteiger partial charge in [0.2, 0.25) is 0 Å². The highest BCUT2D eigenvalue weighted by Crippen LogP contribution is 2.38. The van der Waals surface area contributed by atoms with Crippen molar-refractivity contribution in [3.8, 4) is 0 Å². The maximum Gasteiger partial charge on any atom is 0.339 e. The lowest BCUT2D eigenvalue weighted by Crippen LogP contribution is -2.38. The minimum Gasteiger partial charge on any atom is -0.465 e. The molecule has 112 valence electrons. The van der Waals surface area contributed by atoms with Crippen LogP contribution in [0, 0.1) is 0 Å². The van der Waals surface area contributed by atoms with Crippen molar-refractivity contribution in [3.05, 3.63) is 21.9 Å². The summed E-state index contributed by atoms with van der Waals surface area (Å²) in [6.45, 7) is 6.62. The van der Waals surface area contributed by atoms with Crippen LogP contribution in [0.25, 0.3) is 0 Å². The molecular formula is C15H22ClNO3. The molecule has 0 bridgehead atoms. The molecule has 0 radical (unpaired) electrons. The van der Waals surface area contributed by atoms with Crippen molar-refractivity contribution in [3.63, 3.8) is 0 Å². The van der Waals surface area contributed by atoms with Crippen molar-refractivity contribution in [2.24, 2.45) is 0 Å². The summed E-state index contributed by atoms with van der Waals surface area (Å²) in [5.41, 5.74) is 2.65. The minimum atomic E-state index is -0.342. The molecule has 0 atom stereocenters. The standard InChI is InChI=1S/C15H22ClNO3/c1-4-17(11-5-7-20-8-6-11)13-9-12(16)14(10(13)2)15(18)19-3/h11H,4-9H2,1-3H3. The highest BCUT2D eigenvalue weighted by atomic mass is 35.5. The fraction of sp³-hybridized carbons (Fsp3) is 0.667. The van der Waals surface area contributed by atoms with E-state index < -0.39 is 0 Å². The molecule has 0 N–H and O–H groups in total. The Labute approximate surface area is 125 Å². The summed E-state index contributed by atoms with van der Waals surface area (Å²) < 4.78 is 10.3. The molecule has 2 aliphatic rings. The predicted octanol–water partition coefficient (Wildman–Crippen LogP) is 2.83. The van der Waals surface area contributed by atoms with E-state index in [1.807, 2.05) is 6.92 Å². The Balaban J connectivity index is 2.23. The number of carbonyl (C=O) groups is 1. The first-order valence-corrected chi connectivity index (χ1v) is 7.49. The van der Waals surface area contributed by atoms with Crippen molar-refractivity contribution >= 4 is 17.6 Å². The number of hydrogen-bond donors (Lipinski definition) is 0. The Morgan fingerprint density at radius 1 is 1.45 bits per heavy atom. The van der Waals surface area contributed by atoms with Crippen LogP contribution in [-0.4, -0.2) is 43.8 Å². The number of hydrogen-bond acceptors (Lipinski definition) is 4. The van der Waals surface area contributed by atoms with E-state index in [1.165, 1.54) is 7.11 Å². The third-order valence-corrected chi connectivity index (χ3v) is 4.43. The van der Waals surface area contributed by atoms with Gasteiger partial charge in [0.1, 0.15) is 0 Å². The van der Waals surface area contributed by atoms with Crippen LogP contribution in [0.2, 0.25) is 0 Å². The Hall–Kier alpha value is -1.00. The van der Waals surface area contributed by atoms with Gasteiger partial charge in [-0.15, -0.1) is 0 Å². The minimum absolute atomic E-state index is 0.342. The molecule has 5 heteroatoms. The van der Waals surface area contributed by atoms with Crippen LogP contribution in [0.1, 0.15) is 33.1 Å². The molecular weight excluding hydrogens is 278 g/mol. The van der Waals surface area contributed by atoms with Crippen LogP contribution in [0.4, 0.5) is 0 Å². The van der Waals surface area contributed by atoms with Gasteiger partial charge in [-0.25, -0.2) is 4.79 Å². The zero-order valence-electron chi connectivity index (χ0n) is 12.4. The number of rotatable bonds is 4. The second-order valence-electron chi connectivity index (χ2n) is 5.15. The molecule has 1 heterocycles. The molecule has 1 saturated heterocycles. The molecule has 4 nitrogen and oxygen atoms in total. The number of halogens is 1. The fourth-order valence-electron chi connectivity index (χ4n) is 3.06. The normalized spacial score (nSPS) is 20.6. The molecule has 1 aliphatic heterocycles. The number of carbonyl (C=O) groups excluding carboxylic acids is 1. The molecule has 0 unspecified atom stereocenters. The summed E-state index contributed by atoms with van der Waals surface area (Å²) in [5.74, 6) is -0.342. The van der Waals surface area contributed by atoms with Gasteiger partial charge in [0.15, 0.2) is 0 Å². The van der Waals surface area contributed by atoms with E-state index in [2.05, 4.69) is 11.8 Å². The van der Waals surface area contributed by atoms with Crippen LogP contribution < -0.4 is 0 Å². The Morgan fingerprint density at radius 3 is 2.65 bits per heavy atom. The van der Waals surface area contributed by atoms with Crippen LogP contribution in [0.15, 0.2) is 21.9 Å². The van der Waals surface area contributed by atoms with Crippen molar-refractivity contribution in [2.45, 2.75) is 39.2 Å². The first-order valence-electron chi connectivity index (χ1n) is 7.11. The first-order chi connectivity index (χ1) is 9.60. The lowest BCUT2D eigenvalue weighted by Gasteiger charge is -2.36. The Morgan fingerprint density at radius 2 is 2.10 bits per heavy atom. The van der Waals surface area contributed by atoms with E-state index in [0.717, 1.165) is 43.9 Å². The van der Waals surface area contributed by atoms with Gasteiger partial charge in [0.25, 0.3) is 0 Å². The second kappa shape index (κ2) is 6.64. The lowest BCUT2D eigenvalue weighted by atomic mass is 10.0. The molecule has 0 amide bonds. The van der Waals surface area contributed by atoms with Crippen molar-refractivity contribution < 1.29 is 14.3 Å². The summed E-state index contributed by atoms with van der Waals surface area (Å²) in [6, 6.07) is 0.472. The summed E-state index contributed by atoms with van der Waals surface area (Å²) in [5, 5.41) is 0.592. The summed E-state index contributed by atoms with van der Waals surface area (Å²) >= 11 is 6.27. The van der Waals surface area contributed by atoms with Gasteiger partial charge in [-0.3, -0.25) is 0 Å². The maximum absolute atomic E-state index is 11.8. The molecule has 0 saturated carbocycles. The van der Waals surface area contributed by atoms with Crippen molar-refractivity contribution in [1.82, 2.24) is 4.90 Å². The number of ether oxygens (including phenoxy) is 2. The van der Waals surface area contributed by atoms with E-state index in [9.17, 15) is 4.79 Å². The summed E-state index contributed by atoms with van der Waals surface area (Å²) in [7, 11) is 1.39. The predicted molar refractivity (Wildman–Crippen MR) is 78.4 cm³/mol. The van der Waals surface area contributed by atoms with Gasteiger partial charge in [-0.05, 0) is 32.3 Å². The average molecular weight is 300 g/mol. The van der Waals surface area contributed by atoms with Gasteiger partial charge in [0.05, 0.1) is 12.7 Å². The van der Waals surface area contributed by atoms with E-state index in [0.29, 0.717) is 23.1 Å². The molecule has 2 rings (SSSR count). The third kappa shape index (κ3) is 2.86. The van der Waals surface area contributed by atoms with E-state index in [4.69, 9.17) is 21.1 Å². The van der Waals surface area contributed by atoms with Gasteiger partial charge >= 0.3 is 5.97 Å². The summed E-state index contributed by atoms with van der Waals surface area (Å²) in [6.07, 6.45) is 2.68. The smallest absolute Gasteiger partial charge is 0.339 e. The summed E-state index contributed by atoms with van der Waals surface area (Å²) in [4.78, 5) is 14.2. The molecule has 0 spiro atoms. The SMILES string of the molecule is CCN(C1=C(C)C(C(=O)OC)=C(Cl)C1)C1CCOCC1. The fourth-order valence-corrected chi connectivity index (χ4v) is 3.41. The monoisotopic (exact) mass is 299 g/mol. The first kappa shape index (κ1) is 15.4. The van der Waals surface area contributed by atoms with Gasteiger partial charge in [-0.1, -0.05) is 11.6 Å². The van der Waals surface area contributed by atoms with Crippen LogP contribution in [0.3, 0.4) is 0 Å². The average Bonchev–Trinajstić information content (AvgIpc) is 2.75. The van der Waals surface area contributed by atoms with Crippen LogP contribution in [0.5, 0.6) is 0 Å². The van der Waals surface area contributed by atoms with E-state index in [1.54, 1.807) is 0 Å². The second-order valence-corrected chi connectivity index (χ2v) is 5.61. The molecule has 0 aromatic carbocycles. The third-order valence-electron chi connectivity index (χ3n) is 4.11. The van der Waals surface area contributed by atoms with E-state index in [-0.39, 0.29) is 5.97 Å².